The summed E-state index contributed by atoms with van der Waals surface area (Å²) in [5, 5.41) is 0. The van der Waals surface area contributed by atoms with Crippen molar-refractivity contribution >= 4 is 40.2 Å². The van der Waals surface area contributed by atoms with Crippen LogP contribution >= 0.6 is 0 Å². The van der Waals surface area contributed by atoms with E-state index in [0.717, 1.165) is 40.6 Å². The Hall–Kier alpha value is -4.44. The summed E-state index contributed by atoms with van der Waals surface area (Å²) < 4.78 is 12.8. The SMILES string of the molecule is c1ccc2c(c1)Cc1ccccc1N2c1ccc2c(c1)Oc1cccc3c1B2c1ccccc1O3. The van der Waals surface area contributed by atoms with Crippen LogP contribution in [-0.2, 0) is 6.42 Å². The summed E-state index contributed by atoms with van der Waals surface area (Å²) in [5.74, 6) is 3.55. The van der Waals surface area contributed by atoms with Crippen LogP contribution < -0.4 is 30.8 Å². The first-order chi connectivity index (χ1) is 17.3. The van der Waals surface area contributed by atoms with Gasteiger partial charge in [0.05, 0.1) is 0 Å². The number of hydrogen-bond donors (Lipinski definition) is 0. The van der Waals surface area contributed by atoms with Gasteiger partial charge in [-0.2, -0.15) is 0 Å². The lowest BCUT2D eigenvalue weighted by molar-refractivity contribution is 0.464. The van der Waals surface area contributed by atoms with E-state index in [0.29, 0.717) is 0 Å². The smallest absolute Gasteiger partial charge is 0.260 e. The van der Waals surface area contributed by atoms with E-state index in [9.17, 15) is 0 Å². The topological polar surface area (TPSA) is 21.7 Å². The van der Waals surface area contributed by atoms with Crippen LogP contribution in [0.4, 0.5) is 17.1 Å². The molecule has 5 aromatic rings. The van der Waals surface area contributed by atoms with Gasteiger partial charge in [0.1, 0.15) is 23.0 Å². The van der Waals surface area contributed by atoms with E-state index in [1.165, 1.54) is 33.4 Å². The molecular formula is C31H20BNO2. The van der Waals surface area contributed by atoms with Gasteiger partial charge in [-0.1, -0.05) is 66.7 Å². The van der Waals surface area contributed by atoms with Crippen molar-refractivity contribution < 1.29 is 9.47 Å². The lowest BCUT2D eigenvalue weighted by atomic mass is 9.35. The van der Waals surface area contributed by atoms with Crippen LogP contribution in [0.15, 0.2) is 109 Å². The largest absolute Gasteiger partial charge is 0.458 e. The zero-order valence-electron chi connectivity index (χ0n) is 18.9. The standard InChI is InChI=1S/C31H20BNO2/c1-4-11-25-20(8-1)18-21-9-2-5-12-26(21)33(25)22-16-17-24-30(19-22)35-29-15-7-14-28-31(29)32(24)23-10-3-6-13-27(23)34-28/h1-17,19H,18H2. The summed E-state index contributed by atoms with van der Waals surface area (Å²) in [6, 6.07) is 38.4. The average Bonchev–Trinajstić information content (AvgIpc) is 2.91. The maximum atomic E-state index is 6.54. The highest BCUT2D eigenvalue weighted by Crippen LogP contribution is 2.45. The first-order valence-corrected chi connectivity index (χ1v) is 12.0. The summed E-state index contributed by atoms with van der Waals surface area (Å²) >= 11 is 0. The Labute approximate surface area is 204 Å². The van der Waals surface area contributed by atoms with Gasteiger partial charge in [0, 0.05) is 35.0 Å². The lowest BCUT2D eigenvalue weighted by Crippen LogP contribution is -2.57. The first-order valence-electron chi connectivity index (χ1n) is 12.0. The highest BCUT2D eigenvalue weighted by molar-refractivity contribution is 6.98. The van der Waals surface area contributed by atoms with Gasteiger partial charge < -0.3 is 14.4 Å². The number of hydrogen-bond acceptors (Lipinski definition) is 3. The van der Waals surface area contributed by atoms with Crippen molar-refractivity contribution in [2.24, 2.45) is 0 Å². The number of rotatable bonds is 1. The normalized spacial score (nSPS) is 13.9. The molecule has 3 aliphatic rings. The zero-order valence-corrected chi connectivity index (χ0v) is 18.9. The number of fused-ring (bicyclic) bond motifs is 6. The lowest BCUT2D eigenvalue weighted by Gasteiger charge is -2.36. The second-order valence-corrected chi connectivity index (χ2v) is 9.33. The Balaban J connectivity index is 1.33. The number of ether oxygens (including phenoxy) is 2. The molecule has 0 N–H and O–H groups in total. The van der Waals surface area contributed by atoms with Crippen molar-refractivity contribution in [1.82, 2.24) is 0 Å². The average molecular weight is 449 g/mol. The summed E-state index contributed by atoms with van der Waals surface area (Å²) in [6.07, 6.45) is 0.944. The number of anilines is 3. The minimum absolute atomic E-state index is 0.0879. The minimum Gasteiger partial charge on any atom is -0.458 e. The molecule has 0 aliphatic carbocycles. The van der Waals surface area contributed by atoms with Crippen molar-refractivity contribution in [3.05, 3.63) is 120 Å². The Morgan fingerprint density at radius 3 is 1.91 bits per heavy atom. The van der Waals surface area contributed by atoms with E-state index < -0.39 is 0 Å². The Morgan fingerprint density at radius 1 is 0.543 bits per heavy atom. The van der Waals surface area contributed by atoms with E-state index >= 15 is 0 Å². The molecule has 0 amide bonds. The van der Waals surface area contributed by atoms with E-state index in [1.807, 2.05) is 24.3 Å². The highest BCUT2D eigenvalue weighted by Gasteiger charge is 2.40. The van der Waals surface area contributed by atoms with Crippen molar-refractivity contribution in [2.45, 2.75) is 6.42 Å². The van der Waals surface area contributed by atoms with Crippen LogP contribution in [0.3, 0.4) is 0 Å². The van der Waals surface area contributed by atoms with Crippen LogP contribution in [0.25, 0.3) is 0 Å². The van der Waals surface area contributed by atoms with Gasteiger partial charge in [-0.3, -0.25) is 0 Å². The van der Waals surface area contributed by atoms with Gasteiger partial charge in [0.2, 0.25) is 0 Å². The second kappa shape index (κ2) is 7.03. The van der Waals surface area contributed by atoms with Gasteiger partial charge >= 0.3 is 0 Å². The highest BCUT2D eigenvalue weighted by atomic mass is 16.5. The quantitative estimate of drug-likeness (QED) is 0.296. The monoisotopic (exact) mass is 449 g/mol. The summed E-state index contributed by atoms with van der Waals surface area (Å²) in [4.78, 5) is 2.36. The zero-order chi connectivity index (χ0) is 22.9. The van der Waals surface area contributed by atoms with E-state index in [1.54, 1.807) is 0 Å². The molecule has 5 aromatic carbocycles. The predicted molar refractivity (Wildman–Crippen MR) is 142 cm³/mol. The number of benzene rings is 5. The summed E-state index contributed by atoms with van der Waals surface area (Å²) in [5.41, 5.74) is 9.67. The maximum absolute atomic E-state index is 6.54. The second-order valence-electron chi connectivity index (χ2n) is 9.33. The fraction of sp³-hybridized carbons (Fsp3) is 0.0323. The van der Waals surface area contributed by atoms with Gasteiger partial charge in [-0.05, 0) is 58.5 Å². The van der Waals surface area contributed by atoms with E-state index in [4.69, 9.17) is 9.47 Å². The van der Waals surface area contributed by atoms with Crippen LogP contribution in [-0.4, -0.2) is 6.71 Å². The summed E-state index contributed by atoms with van der Waals surface area (Å²) in [7, 11) is 0. The number of para-hydroxylation sites is 3. The molecule has 0 unspecified atom stereocenters. The maximum Gasteiger partial charge on any atom is 0.260 e. The third kappa shape index (κ3) is 2.68. The Kier molecular flexibility index (Phi) is 3.80. The number of nitrogens with zero attached hydrogens (tertiary/aromatic N) is 1. The third-order valence-electron chi connectivity index (χ3n) is 7.40. The molecule has 35 heavy (non-hydrogen) atoms. The fourth-order valence-corrected chi connectivity index (χ4v) is 5.87. The molecule has 0 bridgehead atoms. The fourth-order valence-electron chi connectivity index (χ4n) is 5.87. The Bertz CT molecular complexity index is 1610. The molecule has 0 aromatic heterocycles. The molecule has 0 saturated carbocycles. The molecule has 164 valence electrons. The van der Waals surface area contributed by atoms with Gasteiger partial charge in [0.15, 0.2) is 0 Å². The van der Waals surface area contributed by atoms with Gasteiger partial charge in [-0.25, -0.2) is 0 Å². The molecule has 3 nitrogen and oxygen atoms in total. The van der Waals surface area contributed by atoms with Crippen molar-refractivity contribution in [3.8, 4) is 23.0 Å². The molecule has 0 saturated heterocycles. The van der Waals surface area contributed by atoms with Gasteiger partial charge in [0.25, 0.3) is 6.71 Å². The molecule has 3 aliphatic heterocycles. The molecule has 0 radical (unpaired) electrons. The third-order valence-corrected chi connectivity index (χ3v) is 7.40. The molecule has 0 spiro atoms. The van der Waals surface area contributed by atoms with Crippen molar-refractivity contribution in [3.63, 3.8) is 0 Å². The van der Waals surface area contributed by atoms with Crippen LogP contribution in [0, 0.1) is 0 Å². The van der Waals surface area contributed by atoms with Crippen molar-refractivity contribution in [2.75, 3.05) is 4.90 Å². The predicted octanol–water partition coefficient (Wildman–Crippen LogP) is 5.79. The van der Waals surface area contributed by atoms with Crippen LogP contribution in [0.2, 0.25) is 0 Å². The van der Waals surface area contributed by atoms with Gasteiger partial charge in [-0.15, -0.1) is 0 Å². The molecule has 0 fully saturated rings. The first kappa shape index (κ1) is 18.9. The Morgan fingerprint density at radius 2 is 1.14 bits per heavy atom. The minimum atomic E-state index is 0.0879. The molecule has 8 rings (SSSR count). The van der Waals surface area contributed by atoms with Crippen LogP contribution in [0.5, 0.6) is 23.0 Å². The van der Waals surface area contributed by atoms with E-state index in [-0.39, 0.29) is 6.71 Å². The molecular weight excluding hydrogens is 429 g/mol. The molecule has 3 heterocycles. The summed E-state index contributed by atoms with van der Waals surface area (Å²) in [6.45, 7) is 0.0879. The molecule has 0 atom stereocenters. The molecule has 4 heteroatoms. The van der Waals surface area contributed by atoms with E-state index in [2.05, 4.69) is 89.8 Å². The van der Waals surface area contributed by atoms with Crippen molar-refractivity contribution in [1.29, 1.82) is 0 Å². The van der Waals surface area contributed by atoms with Crippen LogP contribution in [0.1, 0.15) is 11.1 Å².